The van der Waals surface area contributed by atoms with Crippen LogP contribution in [-0.2, 0) is 17.9 Å². The van der Waals surface area contributed by atoms with Gasteiger partial charge in [-0.05, 0) is 48.5 Å². The van der Waals surface area contributed by atoms with E-state index in [-0.39, 0.29) is 5.91 Å². The van der Waals surface area contributed by atoms with Gasteiger partial charge < -0.3 is 14.8 Å². The molecule has 0 unspecified atom stereocenters. The molecule has 1 amide bonds. The fourth-order valence-electron chi connectivity index (χ4n) is 2.69. The Bertz CT molecular complexity index is 643. The maximum Gasteiger partial charge on any atom is 0.242 e. The highest BCUT2D eigenvalue weighted by Crippen LogP contribution is 2.26. The van der Waals surface area contributed by atoms with E-state index in [1.807, 2.05) is 22.7 Å². The maximum absolute atomic E-state index is 12.2. The molecule has 0 spiro atoms. The first-order valence-electron chi connectivity index (χ1n) is 7.73. The highest BCUT2D eigenvalue weighted by Gasteiger charge is 2.29. The van der Waals surface area contributed by atoms with Crippen molar-refractivity contribution in [3.05, 3.63) is 36.0 Å². The molecule has 4 nitrogen and oxygen atoms in total. The molecule has 21 heavy (non-hydrogen) atoms. The monoisotopic (exact) mass is 285 g/mol. The lowest BCUT2D eigenvalue weighted by Crippen LogP contribution is -2.31. The van der Waals surface area contributed by atoms with Gasteiger partial charge in [0, 0.05) is 31.3 Å². The second kappa shape index (κ2) is 5.90. The van der Waals surface area contributed by atoms with Crippen molar-refractivity contribution in [1.82, 2.24) is 14.8 Å². The summed E-state index contributed by atoms with van der Waals surface area (Å²) in [5.41, 5.74) is 2.41. The summed E-state index contributed by atoms with van der Waals surface area (Å²) in [6.07, 6.45) is 4.32. The fourth-order valence-corrected chi connectivity index (χ4v) is 2.69. The van der Waals surface area contributed by atoms with E-state index < -0.39 is 0 Å². The number of nitrogens with one attached hydrogen (secondary N) is 1. The van der Waals surface area contributed by atoms with Crippen molar-refractivity contribution in [3.63, 3.8) is 0 Å². The van der Waals surface area contributed by atoms with Crippen LogP contribution in [0.1, 0.15) is 25.3 Å². The van der Waals surface area contributed by atoms with E-state index in [1.165, 1.54) is 10.9 Å². The first-order chi connectivity index (χ1) is 10.2. The standard InChI is InChI=1S/C17H23N3O/c1-3-18-11-13-4-7-16-14(10-13)8-9-20(16)12-17(21)19(2)15-5-6-15/h4,7-10,15,18H,3,5-6,11-12H2,1-2H3. The van der Waals surface area contributed by atoms with Gasteiger partial charge in [0.1, 0.15) is 6.54 Å². The Hall–Kier alpha value is -1.81. The minimum atomic E-state index is 0.201. The van der Waals surface area contributed by atoms with Gasteiger partial charge in [-0.2, -0.15) is 0 Å². The molecule has 2 aromatic rings. The molecule has 1 saturated carbocycles. The van der Waals surface area contributed by atoms with Crippen LogP contribution in [-0.4, -0.2) is 35.0 Å². The smallest absolute Gasteiger partial charge is 0.242 e. The Kier molecular flexibility index (Phi) is 3.97. The van der Waals surface area contributed by atoms with Crippen molar-refractivity contribution in [2.75, 3.05) is 13.6 Å². The molecule has 112 valence electrons. The van der Waals surface area contributed by atoms with Gasteiger partial charge in [0.25, 0.3) is 0 Å². The SMILES string of the molecule is CCNCc1ccc2c(ccn2CC(=O)N(C)C2CC2)c1. The Labute approximate surface area is 125 Å². The van der Waals surface area contributed by atoms with Crippen LogP contribution in [0.25, 0.3) is 10.9 Å². The van der Waals surface area contributed by atoms with E-state index >= 15 is 0 Å². The minimum absolute atomic E-state index is 0.201. The summed E-state index contributed by atoms with van der Waals surface area (Å²) in [7, 11) is 1.92. The van der Waals surface area contributed by atoms with Crippen molar-refractivity contribution in [2.45, 2.75) is 38.9 Å². The highest BCUT2D eigenvalue weighted by atomic mass is 16.2. The number of carbonyl (C=O) groups excluding carboxylic acids is 1. The van der Waals surface area contributed by atoms with E-state index in [0.717, 1.165) is 31.4 Å². The van der Waals surface area contributed by atoms with Gasteiger partial charge in [0.15, 0.2) is 0 Å². The van der Waals surface area contributed by atoms with E-state index in [2.05, 4.69) is 36.5 Å². The molecule has 0 saturated heterocycles. The van der Waals surface area contributed by atoms with E-state index in [4.69, 9.17) is 0 Å². The zero-order chi connectivity index (χ0) is 14.8. The molecule has 1 N–H and O–H groups in total. The van der Waals surface area contributed by atoms with Crippen LogP contribution in [0, 0.1) is 0 Å². The number of nitrogens with zero attached hydrogens (tertiary/aromatic N) is 2. The zero-order valence-electron chi connectivity index (χ0n) is 12.8. The topological polar surface area (TPSA) is 37.3 Å². The number of fused-ring (bicyclic) bond motifs is 1. The molecule has 0 aliphatic heterocycles. The van der Waals surface area contributed by atoms with Crippen LogP contribution in [0.4, 0.5) is 0 Å². The van der Waals surface area contributed by atoms with Gasteiger partial charge >= 0.3 is 0 Å². The Morgan fingerprint density at radius 3 is 2.90 bits per heavy atom. The van der Waals surface area contributed by atoms with Crippen LogP contribution in [0.15, 0.2) is 30.5 Å². The van der Waals surface area contributed by atoms with Gasteiger partial charge in [-0.1, -0.05) is 13.0 Å². The number of amides is 1. The van der Waals surface area contributed by atoms with E-state index in [0.29, 0.717) is 12.6 Å². The van der Waals surface area contributed by atoms with Crippen LogP contribution >= 0.6 is 0 Å². The molecule has 1 fully saturated rings. The normalized spacial score (nSPS) is 14.6. The summed E-state index contributed by atoms with van der Waals surface area (Å²) in [5, 5.41) is 4.54. The number of likely N-dealkylation sites (N-methyl/N-ethyl adjacent to an activating group) is 1. The molecule has 4 heteroatoms. The van der Waals surface area contributed by atoms with Crippen LogP contribution in [0.3, 0.4) is 0 Å². The molecule has 1 aromatic carbocycles. The summed E-state index contributed by atoms with van der Waals surface area (Å²) in [4.78, 5) is 14.1. The third-order valence-corrected chi connectivity index (χ3v) is 4.21. The number of aromatic nitrogens is 1. The molecule has 1 heterocycles. The zero-order valence-corrected chi connectivity index (χ0v) is 12.8. The average molecular weight is 285 g/mol. The van der Waals surface area contributed by atoms with Gasteiger partial charge in [-0.3, -0.25) is 4.79 Å². The summed E-state index contributed by atoms with van der Waals surface area (Å²) in [6, 6.07) is 9.02. The molecular weight excluding hydrogens is 262 g/mol. The molecule has 1 aromatic heterocycles. The number of carbonyl (C=O) groups is 1. The molecule has 1 aliphatic rings. The lowest BCUT2D eigenvalue weighted by molar-refractivity contribution is -0.130. The largest absolute Gasteiger partial charge is 0.341 e. The van der Waals surface area contributed by atoms with Gasteiger partial charge in [0.05, 0.1) is 0 Å². The quantitative estimate of drug-likeness (QED) is 0.885. The average Bonchev–Trinajstić information content (AvgIpc) is 3.27. The molecule has 0 atom stereocenters. The van der Waals surface area contributed by atoms with Crippen LogP contribution < -0.4 is 5.32 Å². The first-order valence-corrected chi connectivity index (χ1v) is 7.73. The third-order valence-electron chi connectivity index (χ3n) is 4.21. The van der Waals surface area contributed by atoms with Crippen molar-refractivity contribution >= 4 is 16.8 Å². The predicted octanol–water partition coefficient (Wildman–Crippen LogP) is 2.37. The molecule has 0 bridgehead atoms. The Morgan fingerprint density at radius 2 is 2.19 bits per heavy atom. The van der Waals surface area contributed by atoms with Crippen molar-refractivity contribution in [3.8, 4) is 0 Å². The number of hydrogen-bond donors (Lipinski definition) is 1. The van der Waals surface area contributed by atoms with Crippen molar-refractivity contribution in [2.24, 2.45) is 0 Å². The highest BCUT2D eigenvalue weighted by molar-refractivity contribution is 5.84. The van der Waals surface area contributed by atoms with Crippen molar-refractivity contribution < 1.29 is 4.79 Å². The minimum Gasteiger partial charge on any atom is -0.341 e. The second-order valence-corrected chi connectivity index (χ2v) is 5.85. The number of rotatable bonds is 6. The number of hydrogen-bond acceptors (Lipinski definition) is 2. The summed E-state index contributed by atoms with van der Waals surface area (Å²) >= 11 is 0. The van der Waals surface area contributed by atoms with Crippen molar-refractivity contribution in [1.29, 1.82) is 0 Å². The summed E-state index contributed by atoms with van der Waals surface area (Å²) in [5.74, 6) is 0.201. The van der Waals surface area contributed by atoms with Gasteiger partial charge in [-0.15, -0.1) is 0 Å². The lowest BCUT2D eigenvalue weighted by atomic mass is 10.1. The Morgan fingerprint density at radius 1 is 1.38 bits per heavy atom. The lowest BCUT2D eigenvalue weighted by Gasteiger charge is -2.17. The molecular formula is C17H23N3O. The molecule has 0 radical (unpaired) electrons. The third kappa shape index (κ3) is 3.10. The van der Waals surface area contributed by atoms with Gasteiger partial charge in [-0.25, -0.2) is 0 Å². The van der Waals surface area contributed by atoms with Crippen LogP contribution in [0.2, 0.25) is 0 Å². The fraction of sp³-hybridized carbons (Fsp3) is 0.471. The molecule has 3 rings (SSSR count). The van der Waals surface area contributed by atoms with E-state index in [9.17, 15) is 4.79 Å². The summed E-state index contributed by atoms with van der Waals surface area (Å²) < 4.78 is 2.05. The summed E-state index contributed by atoms with van der Waals surface area (Å²) in [6.45, 7) is 4.40. The second-order valence-electron chi connectivity index (χ2n) is 5.85. The van der Waals surface area contributed by atoms with Crippen LogP contribution in [0.5, 0.6) is 0 Å². The van der Waals surface area contributed by atoms with E-state index in [1.54, 1.807) is 0 Å². The number of benzene rings is 1. The van der Waals surface area contributed by atoms with Gasteiger partial charge in [0.2, 0.25) is 5.91 Å². The molecule has 1 aliphatic carbocycles. The first kappa shape index (κ1) is 14.1. The maximum atomic E-state index is 12.2. The predicted molar refractivity (Wildman–Crippen MR) is 85.1 cm³/mol. The Balaban J connectivity index is 1.75.